The molecule has 6 heteroatoms. The number of nitrogens with zero attached hydrogens (tertiary/aromatic N) is 1. The van der Waals surface area contributed by atoms with Gasteiger partial charge in [0, 0.05) is 24.2 Å². The molecule has 4 N–H and O–H groups in total. The number of nitrogens with two attached hydrogens (primary N) is 1. The molecule has 0 radical (unpaired) electrons. The van der Waals surface area contributed by atoms with E-state index in [1.165, 1.54) is 49.9 Å². The first kappa shape index (κ1) is 15.2. The Bertz CT molecular complexity index is 626. The van der Waals surface area contributed by atoms with Crippen molar-refractivity contribution in [2.24, 2.45) is 5.73 Å². The summed E-state index contributed by atoms with van der Waals surface area (Å²) in [6.45, 7) is 0.375. The molecule has 2 aromatic heterocycles. The van der Waals surface area contributed by atoms with Crippen molar-refractivity contribution in [1.82, 2.24) is 10.2 Å². The summed E-state index contributed by atoms with van der Waals surface area (Å²) < 4.78 is 0. The Morgan fingerprint density at radius 1 is 1.36 bits per heavy atom. The van der Waals surface area contributed by atoms with E-state index in [0.717, 1.165) is 11.3 Å². The highest BCUT2D eigenvalue weighted by Gasteiger charge is 2.18. The van der Waals surface area contributed by atoms with E-state index in [1.54, 1.807) is 0 Å². The lowest BCUT2D eigenvalue weighted by Gasteiger charge is -2.10. The second-order valence-corrected chi connectivity index (χ2v) is 6.75. The molecule has 5 nitrogen and oxygen atoms in total. The van der Waals surface area contributed by atoms with Crippen LogP contribution in [0.1, 0.15) is 65.4 Å². The van der Waals surface area contributed by atoms with Gasteiger partial charge in [-0.1, -0.05) is 25.7 Å². The number of hydrogen-bond donors (Lipinski definition) is 3. The first-order chi connectivity index (χ1) is 10.8. The largest absolute Gasteiger partial charge is 0.326 e. The van der Waals surface area contributed by atoms with E-state index in [2.05, 4.69) is 15.5 Å². The number of H-pyrrole nitrogens is 1. The number of nitrogens with one attached hydrogen (secondary N) is 2. The van der Waals surface area contributed by atoms with Gasteiger partial charge in [0.15, 0.2) is 5.82 Å². The topological polar surface area (TPSA) is 83.8 Å². The molecule has 2 heterocycles. The van der Waals surface area contributed by atoms with Crippen molar-refractivity contribution in [2.75, 3.05) is 5.32 Å². The molecule has 0 aliphatic heterocycles. The van der Waals surface area contributed by atoms with Gasteiger partial charge >= 0.3 is 0 Å². The lowest BCUT2D eigenvalue weighted by molar-refractivity contribution is 0.102. The maximum absolute atomic E-state index is 12.3. The van der Waals surface area contributed by atoms with Crippen molar-refractivity contribution >= 4 is 23.1 Å². The zero-order chi connectivity index (χ0) is 15.4. The number of anilines is 1. The van der Waals surface area contributed by atoms with E-state index in [1.807, 2.05) is 17.5 Å². The summed E-state index contributed by atoms with van der Waals surface area (Å²) in [5, 5.41) is 12.1. The summed E-state index contributed by atoms with van der Waals surface area (Å²) in [7, 11) is 0. The molecule has 1 saturated carbocycles. The molecule has 0 aromatic carbocycles. The van der Waals surface area contributed by atoms with E-state index in [0.29, 0.717) is 23.2 Å². The molecule has 3 rings (SSSR count). The van der Waals surface area contributed by atoms with Gasteiger partial charge in [0.05, 0.1) is 4.88 Å². The van der Waals surface area contributed by atoms with Crippen LogP contribution in [0.3, 0.4) is 0 Å². The lowest BCUT2D eigenvalue weighted by Crippen LogP contribution is -2.13. The molecule has 0 bridgehead atoms. The highest BCUT2D eigenvalue weighted by Crippen LogP contribution is 2.31. The smallest absolute Gasteiger partial charge is 0.267 e. The van der Waals surface area contributed by atoms with Crippen LogP contribution in [0.2, 0.25) is 0 Å². The Balaban J connectivity index is 1.67. The van der Waals surface area contributed by atoms with Crippen molar-refractivity contribution in [3.63, 3.8) is 0 Å². The number of aromatic nitrogens is 2. The van der Waals surface area contributed by atoms with Gasteiger partial charge in [0.25, 0.3) is 5.91 Å². The summed E-state index contributed by atoms with van der Waals surface area (Å²) in [6, 6.07) is 3.87. The lowest BCUT2D eigenvalue weighted by atomic mass is 9.97. The second kappa shape index (κ2) is 7.07. The molecule has 1 aliphatic rings. The van der Waals surface area contributed by atoms with Crippen LogP contribution in [0, 0.1) is 0 Å². The third-order valence-corrected chi connectivity index (χ3v) is 5.26. The highest BCUT2D eigenvalue weighted by molar-refractivity contribution is 7.12. The molecule has 0 atom stereocenters. The van der Waals surface area contributed by atoms with Gasteiger partial charge in [-0.05, 0) is 29.9 Å². The molecule has 0 unspecified atom stereocenters. The van der Waals surface area contributed by atoms with E-state index in [4.69, 9.17) is 5.73 Å². The van der Waals surface area contributed by atoms with Crippen LogP contribution in [-0.2, 0) is 6.54 Å². The van der Waals surface area contributed by atoms with E-state index in [9.17, 15) is 4.79 Å². The average molecular weight is 318 g/mol. The fourth-order valence-electron chi connectivity index (χ4n) is 3.07. The van der Waals surface area contributed by atoms with Crippen LogP contribution in [-0.4, -0.2) is 16.1 Å². The van der Waals surface area contributed by atoms with E-state index in [-0.39, 0.29) is 5.91 Å². The fourth-order valence-corrected chi connectivity index (χ4v) is 3.90. The minimum absolute atomic E-state index is 0.130. The van der Waals surface area contributed by atoms with Crippen molar-refractivity contribution in [2.45, 2.75) is 51.0 Å². The van der Waals surface area contributed by atoms with Crippen LogP contribution >= 0.6 is 11.3 Å². The monoisotopic (exact) mass is 318 g/mol. The summed E-state index contributed by atoms with van der Waals surface area (Å²) in [5.74, 6) is 1.01. The molecular weight excluding hydrogens is 296 g/mol. The summed E-state index contributed by atoms with van der Waals surface area (Å²) in [5.41, 5.74) is 7.67. The van der Waals surface area contributed by atoms with Crippen LogP contribution < -0.4 is 11.1 Å². The Kier molecular flexibility index (Phi) is 4.90. The van der Waals surface area contributed by atoms with Crippen molar-refractivity contribution in [3.05, 3.63) is 33.6 Å². The molecule has 1 amide bonds. The van der Waals surface area contributed by atoms with Gasteiger partial charge in [-0.15, -0.1) is 11.3 Å². The number of thiophene rings is 1. The second-order valence-electron chi connectivity index (χ2n) is 5.83. The molecule has 2 aromatic rings. The minimum atomic E-state index is -0.130. The Labute approximate surface area is 134 Å². The van der Waals surface area contributed by atoms with Gasteiger partial charge < -0.3 is 11.1 Å². The first-order valence-electron chi connectivity index (χ1n) is 7.91. The normalized spacial score (nSPS) is 16.4. The average Bonchev–Trinajstić information content (AvgIpc) is 3.10. The molecule has 22 heavy (non-hydrogen) atoms. The standard InChI is InChI=1S/C16H22N4OS/c17-10-12-7-8-22-15(12)16(21)18-14-9-13(19-20-14)11-5-3-1-2-4-6-11/h7-9,11H,1-6,10,17H2,(H2,18,19,20,21). The van der Waals surface area contributed by atoms with Crippen molar-refractivity contribution < 1.29 is 4.79 Å². The summed E-state index contributed by atoms with van der Waals surface area (Å²) in [4.78, 5) is 13.0. The van der Waals surface area contributed by atoms with Crippen molar-refractivity contribution in [3.8, 4) is 0 Å². The zero-order valence-corrected chi connectivity index (χ0v) is 13.4. The first-order valence-corrected chi connectivity index (χ1v) is 8.79. The molecule has 0 spiro atoms. The van der Waals surface area contributed by atoms with E-state index >= 15 is 0 Å². The summed E-state index contributed by atoms with van der Waals surface area (Å²) >= 11 is 1.41. The number of amides is 1. The van der Waals surface area contributed by atoms with Gasteiger partial charge in [0.2, 0.25) is 0 Å². The number of hydrogen-bond acceptors (Lipinski definition) is 4. The van der Waals surface area contributed by atoms with Crippen molar-refractivity contribution in [1.29, 1.82) is 0 Å². The molecule has 1 aliphatic carbocycles. The number of carbonyl (C=O) groups is 1. The van der Waals surface area contributed by atoms with Crippen LogP contribution in [0.25, 0.3) is 0 Å². The predicted molar refractivity (Wildman–Crippen MR) is 89.2 cm³/mol. The Morgan fingerprint density at radius 2 is 2.14 bits per heavy atom. The minimum Gasteiger partial charge on any atom is -0.326 e. The SMILES string of the molecule is NCc1ccsc1C(=O)Nc1cc(C2CCCCCC2)[nH]n1. The van der Waals surface area contributed by atoms with Gasteiger partial charge in [-0.2, -0.15) is 5.10 Å². The Morgan fingerprint density at radius 3 is 2.86 bits per heavy atom. The molecule has 118 valence electrons. The fraction of sp³-hybridized carbons (Fsp3) is 0.500. The van der Waals surface area contributed by atoms with Crippen LogP contribution in [0.4, 0.5) is 5.82 Å². The number of carbonyl (C=O) groups excluding carboxylic acids is 1. The molecule has 0 saturated heterocycles. The van der Waals surface area contributed by atoms with Gasteiger partial charge in [0.1, 0.15) is 0 Å². The third kappa shape index (κ3) is 3.39. The molecule has 1 fully saturated rings. The predicted octanol–water partition coefficient (Wildman–Crippen LogP) is 3.62. The summed E-state index contributed by atoms with van der Waals surface area (Å²) in [6.07, 6.45) is 7.62. The Hall–Kier alpha value is -1.66. The van der Waals surface area contributed by atoms with E-state index < -0.39 is 0 Å². The quantitative estimate of drug-likeness (QED) is 0.753. The highest BCUT2D eigenvalue weighted by atomic mass is 32.1. The molecular formula is C16H22N4OS. The number of rotatable bonds is 4. The maximum Gasteiger partial charge on any atom is 0.267 e. The zero-order valence-electron chi connectivity index (χ0n) is 12.6. The van der Waals surface area contributed by atoms with Gasteiger partial charge in [-0.3, -0.25) is 9.89 Å². The number of aromatic amines is 1. The van der Waals surface area contributed by atoms with Crippen LogP contribution in [0.15, 0.2) is 17.5 Å². The third-order valence-electron chi connectivity index (χ3n) is 4.31. The van der Waals surface area contributed by atoms with Gasteiger partial charge in [-0.25, -0.2) is 0 Å². The van der Waals surface area contributed by atoms with Crippen LogP contribution in [0.5, 0.6) is 0 Å². The maximum atomic E-state index is 12.3.